The Morgan fingerprint density at radius 3 is 2.63 bits per heavy atom. The number of nitrogens with two attached hydrogens (primary N) is 1. The van der Waals surface area contributed by atoms with Crippen LogP contribution in [0.4, 0.5) is 0 Å². The van der Waals surface area contributed by atoms with Crippen molar-refractivity contribution < 1.29 is 0 Å². The van der Waals surface area contributed by atoms with Gasteiger partial charge in [-0.25, -0.2) is 0 Å². The Bertz CT molecular complexity index is 478. The van der Waals surface area contributed by atoms with Gasteiger partial charge in [0.2, 0.25) is 0 Å². The number of guanidine groups is 1. The van der Waals surface area contributed by atoms with Crippen molar-refractivity contribution in [3.05, 3.63) is 46.5 Å². The van der Waals surface area contributed by atoms with Crippen LogP contribution in [0.3, 0.4) is 0 Å². The van der Waals surface area contributed by atoms with Crippen molar-refractivity contribution in [1.29, 1.82) is 0 Å². The first-order chi connectivity index (χ1) is 8.83. The maximum Gasteiger partial charge on any atom is 0.188 e. The summed E-state index contributed by atoms with van der Waals surface area (Å²) in [6.45, 7) is 11.4. The second kappa shape index (κ2) is 6.75. The Morgan fingerprint density at radius 2 is 2.05 bits per heavy atom. The number of benzene rings is 1. The van der Waals surface area contributed by atoms with Crippen LogP contribution in [0, 0.1) is 0 Å². The normalized spacial score (nSPS) is 12.3. The van der Waals surface area contributed by atoms with Gasteiger partial charge in [-0.15, -0.1) is 0 Å². The standard InChI is InChI=1S/C15H22BrN3/c1-11(2)9-18-14(17)19-10-15(3,4)12-7-5-6-8-13(12)16/h5-8H,1,9-10H2,2-4H3,(H3,17,18,19). The third kappa shape index (κ3) is 5.07. The summed E-state index contributed by atoms with van der Waals surface area (Å²) in [6, 6.07) is 8.20. The molecule has 1 rings (SSSR count). The van der Waals surface area contributed by atoms with E-state index in [1.807, 2.05) is 25.1 Å². The van der Waals surface area contributed by atoms with E-state index in [1.165, 1.54) is 5.56 Å². The zero-order valence-electron chi connectivity index (χ0n) is 11.8. The molecule has 0 aliphatic heterocycles. The third-order valence-electron chi connectivity index (χ3n) is 2.82. The van der Waals surface area contributed by atoms with E-state index in [2.05, 4.69) is 52.7 Å². The van der Waals surface area contributed by atoms with Gasteiger partial charge in [-0.3, -0.25) is 4.99 Å². The highest BCUT2D eigenvalue weighted by molar-refractivity contribution is 9.10. The molecule has 0 fully saturated rings. The summed E-state index contributed by atoms with van der Waals surface area (Å²) in [6.07, 6.45) is 0. The van der Waals surface area contributed by atoms with Crippen LogP contribution in [0.15, 0.2) is 45.9 Å². The molecule has 0 spiro atoms. The monoisotopic (exact) mass is 323 g/mol. The van der Waals surface area contributed by atoms with Crippen molar-refractivity contribution in [2.45, 2.75) is 26.2 Å². The predicted molar refractivity (Wildman–Crippen MR) is 86.5 cm³/mol. The first-order valence-corrected chi connectivity index (χ1v) is 7.05. The molecule has 1 aromatic carbocycles. The van der Waals surface area contributed by atoms with Crippen LogP contribution < -0.4 is 11.1 Å². The lowest BCUT2D eigenvalue weighted by Gasteiger charge is -2.24. The molecule has 0 radical (unpaired) electrons. The van der Waals surface area contributed by atoms with E-state index in [-0.39, 0.29) is 5.41 Å². The molecule has 4 heteroatoms. The number of rotatable bonds is 5. The first-order valence-electron chi connectivity index (χ1n) is 6.26. The fraction of sp³-hybridized carbons (Fsp3) is 0.400. The van der Waals surface area contributed by atoms with Gasteiger partial charge in [0.25, 0.3) is 0 Å². The summed E-state index contributed by atoms with van der Waals surface area (Å²) >= 11 is 3.58. The Kier molecular flexibility index (Phi) is 5.60. The molecule has 0 aromatic heterocycles. The summed E-state index contributed by atoms with van der Waals surface area (Å²) in [4.78, 5) is 4.41. The zero-order chi connectivity index (χ0) is 14.5. The predicted octanol–water partition coefficient (Wildman–Crippen LogP) is 3.21. The molecule has 0 aliphatic carbocycles. The molecule has 0 bridgehead atoms. The van der Waals surface area contributed by atoms with E-state index >= 15 is 0 Å². The minimum absolute atomic E-state index is 0.0738. The largest absolute Gasteiger partial charge is 0.370 e. The summed E-state index contributed by atoms with van der Waals surface area (Å²) in [5.41, 5.74) is 8.02. The molecular weight excluding hydrogens is 302 g/mol. The van der Waals surface area contributed by atoms with Crippen LogP contribution in [0.1, 0.15) is 26.3 Å². The van der Waals surface area contributed by atoms with Crippen molar-refractivity contribution in [3.63, 3.8) is 0 Å². The molecule has 0 amide bonds. The van der Waals surface area contributed by atoms with Crippen LogP contribution >= 0.6 is 15.9 Å². The fourth-order valence-corrected chi connectivity index (χ4v) is 2.50. The summed E-state index contributed by atoms with van der Waals surface area (Å²) in [7, 11) is 0. The van der Waals surface area contributed by atoms with Crippen LogP contribution in [0.2, 0.25) is 0 Å². The lowest BCUT2D eigenvalue weighted by atomic mass is 9.85. The quantitative estimate of drug-likeness (QED) is 0.496. The number of hydrogen-bond acceptors (Lipinski definition) is 1. The lowest BCUT2D eigenvalue weighted by molar-refractivity contribution is 0.536. The Labute approximate surface area is 124 Å². The van der Waals surface area contributed by atoms with Crippen molar-refractivity contribution >= 4 is 21.9 Å². The maximum absolute atomic E-state index is 5.83. The fourth-order valence-electron chi connectivity index (χ4n) is 1.68. The Hall–Kier alpha value is -1.29. The van der Waals surface area contributed by atoms with Gasteiger partial charge in [-0.2, -0.15) is 0 Å². The third-order valence-corrected chi connectivity index (χ3v) is 3.51. The minimum atomic E-state index is -0.0738. The smallest absolute Gasteiger partial charge is 0.188 e. The van der Waals surface area contributed by atoms with Crippen molar-refractivity contribution in [1.82, 2.24) is 5.32 Å². The van der Waals surface area contributed by atoms with E-state index in [1.54, 1.807) is 0 Å². The summed E-state index contributed by atoms with van der Waals surface area (Å²) in [5, 5.41) is 3.04. The summed E-state index contributed by atoms with van der Waals surface area (Å²) < 4.78 is 1.10. The van der Waals surface area contributed by atoms with Gasteiger partial charge < -0.3 is 11.1 Å². The first kappa shape index (κ1) is 15.8. The lowest BCUT2D eigenvalue weighted by Crippen LogP contribution is -2.34. The highest BCUT2D eigenvalue weighted by Crippen LogP contribution is 2.30. The average molecular weight is 324 g/mol. The average Bonchev–Trinajstić information content (AvgIpc) is 2.34. The van der Waals surface area contributed by atoms with Gasteiger partial charge in [0.1, 0.15) is 0 Å². The number of nitrogens with zero attached hydrogens (tertiary/aromatic N) is 1. The van der Waals surface area contributed by atoms with E-state index in [0.29, 0.717) is 19.0 Å². The van der Waals surface area contributed by atoms with Gasteiger partial charge >= 0.3 is 0 Å². The number of hydrogen-bond donors (Lipinski definition) is 2. The van der Waals surface area contributed by atoms with Gasteiger partial charge in [0.05, 0.1) is 6.54 Å². The van der Waals surface area contributed by atoms with Gasteiger partial charge in [-0.1, -0.05) is 60.1 Å². The van der Waals surface area contributed by atoms with Crippen LogP contribution in [0.25, 0.3) is 0 Å². The van der Waals surface area contributed by atoms with Crippen LogP contribution in [0.5, 0.6) is 0 Å². The Morgan fingerprint density at radius 1 is 1.42 bits per heavy atom. The van der Waals surface area contributed by atoms with Gasteiger partial charge in [0.15, 0.2) is 5.96 Å². The number of aliphatic imine (C=N–C) groups is 1. The molecule has 3 nitrogen and oxygen atoms in total. The van der Waals surface area contributed by atoms with Crippen LogP contribution in [-0.4, -0.2) is 19.0 Å². The molecule has 19 heavy (non-hydrogen) atoms. The molecule has 0 aliphatic rings. The van der Waals surface area contributed by atoms with Gasteiger partial charge in [0, 0.05) is 16.4 Å². The molecule has 0 saturated heterocycles. The highest BCUT2D eigenvalue weighted by atomic mass is 79.9. The molecule has 0 saturated carbocycles. The van der Waals surface area contributed by atoms with Crippen LogP contribution in [-0.2, 0) is 5.41 Å². The minimum Gasteiger partial charge on any atom is -0.370 e. The molecule has 104 valence electrons. The van der Waals surface area contributed by atoms with E-state index < -0.39 is 0 Å². The second-order valence-corrected chi connectivity index (χ2v) is 6.23. The molecule has 0 unspecified atom stereocenters. The molecule has 0 atom stereocenters. The molecule has 1 aromatic rings. The number of halogens is 1. The second-order valence-electron chi connectivity index (χ2n) is 5.38. The van der Waals surface area contributed by atoms with Gasteiger partial charge in [-0.05, 0) is 18.6 Å². The highest BCUT2D eigenvalue weighted by Gasteiger charge is 2.22. The SMILES string of the molecule is C=C(C)CNC(N)=NCC(C)(C)c1ccccc1Br. The van der Waals surface area contributed by atoms with Crippen molar-refractivity contribution in [2.75, 3.05) is 13.1 Å². The number of nitrogens with one attached hydrogen (secondary N) is 1. The van der Waals surface area contributed by atoms with E-state index in [0.717, 1.165) is 10.0 Å². The Balaban J connectivity index is 2.72. The molecule has 0 heterocycles. The zero-order valence-corrected chi connectivity index (χ0v) is 13.4. The molecule has 3 N–H and O–H groups in total. The maximum atomic E-state index is 5.83. The van der Waals surface area contributed by atoms with E-state index in [9.17, 15) is 0 Å². The summed E-state index contributed by atoms with van der Waals surface area (Å²) in [5.74, 6) is 0.461. The van der Waals surface area contributed by atoms with E-state index in [4.69, 9.17) is 5.73 Å². The van der Waals surface area contributed by atoms with Crippen molar-refractivity contribution in [2.24, 2.45) is 10.7 Å². The van der Waals surface area contributed by atoms with Crippen molar-refractivity contribution in [3.8, 4) is 0 Å². The topological polar surface area (TPSA) is 50.4 Å². The molecular formula is C15H22BrN3.